The van der Waals surface area contributed by atoms with Crippen LogP contribution >= 0.6 is 11.3 Å². The van der Waals surface area contributed by atoms with Crippen LogP contribution in [0.25, 0.3) is 10.3 Å². The van der Waals surface area contributed by atoms with Crippen molar-refractivity contribution >= 4 is 27.6 Å². The van der Waals surface area contributed by atoms with Crippen LogP contribution in [0.1, 0.15) is 11.5 Å². The van der Waals surface area contributed by atoms with Crippen molar-refractivity contribution in [1.82, 2.24) is 14.5 Å². The second kappa shape index (κ2) is 7.81. The minimum absolute atomic E-state index is 0.00255. The molecule has 1 unspecified atom stereocenters. The van der Waals surface area contributed by atoms with Gasteiger partial charge in [0.25, 0.3) is 0 Å². The lowest BCUT2D eigenvalue weighted by molar-refractivity contribution is -0.0263. The van der Waals surface area contributed by atoms with Crippen molar-refractivity contribution in [1.29, 1.82) is 0 Å². The number of nitrogens with two attached hydrogens (primary N) is 1. The van der Waals surface area contributed by atoms with E-state index >= 15 is 0 Å². The molecule has 4 heterocycles. The van der Waals surface area contributed by atoms with Gasteiger partial charge in [-0.05, 0) is 6.92 Å². The molecule has 162 valence electrons. The topological polar surface area (TPSA) is 196 Å². The van der Waals surface area contributed by atoms with E-state index in [-0.39, 0.29) is 46.8 Å². The Bertz CT molecular complexity index is 1180. The summed E-state index contributed by atoms with van der Waals surface area (Å²) >= 11 is 0.788. The second-order valence-electron chi connectivity index (χ2n) is 6.62. The highest BCUT2D eigenvalue weighted by Gasteiger charge is 2.42. The summed E-state index contributed by atoms with van der Waals surface area (Å²) in [6.45, 7) is 0.719. The Labute approximate surface area is 170 Å². The van der Waals surface area contributed by atoms with Gasteiger partial charge in [0, 0.05) is 0 Å². The fourth-order valence-corrected chi connectivity index (χ4v) is 4.03. The average molecular weight is 442 g/mol. The normalized spacial score (nSPS) is 24.0. The smallest absolute Gasteiger partial charge is 0.468 e. The molecule has 1 aliphatic heterocycles. The van der Waals surface area contributed by atoms with Crippen LogP contribution in [0.15, 0.2) is 18.4 Å². The zero-order chi connectivity index (χ0) is 21.6. The zero-order valence-electron chi connectivity index (χ0n) is 15.5. The number of aromatic nitrogens is 3. The number of nitrogen functional groups attached to an aromatic ring is 1. The van der Waals surface area contributed by atoms with Gasteiger partial charge in [0.1, 0.15) is 29.1 Å². The lowest BCUT2D eigenvalue weighted by Crippen LogP contribution is -2.36. The molecule has 30 heavy (non-hydrogen) atoms. The first-order valence-corrected chi connectivity index (χ1v) is 9.61. The number of anilines is 1. The maximum absolute atomic E-state index is 12.6. The van der Waals surface area contributed by atoms with Gasteiger partial charge < -0.3 is 39.4 Å². The number of aliphatic hydroxyl groups is 3. The number of ether oxygens (including phenoxy) is 2. The third kappa shape index (κ3) is 3.59. The van der Waals surface area contributed by atoms with E-state index in [0.29, 0.717) is 0 Å². The van der Waals surface area contributed by atoms with Gasteiger partial charge in [-0.2, -0.15) is 9.97 Å². The molecular formula is C16H18N4O9S. The Morgan fingerprint density at radius 3 is 2.57 bits per heavy atom. The van der Waals surface area contributed by atoms with Crippen molar-refractivity contribution in [2.24, 2.45) is 0 Å². The average Bonchev–Trinajstić information content (AvgIpc) is 3.29. The molecule has 13 nitrogen and oxygen atoms in total. The molecule has 1 fully saturated rings. The monoisotopic (exact) mass is 442 g/mol. The third-order valence-electron chi connectivity index (χ3n) is 4.68. The highest BCUT2D eigenvalue weighted by Crippen LogP contribution is 2.29. The van der Waals surface area contributed by atoms with Crippen LogP contribution < -0.4 is 21.2 Å². The third-order valence-corrected chi connectivity index (χ3v) is 5.64. The molecular weight excluding hydrogens is 424 g/mol. The standard InChI is InChI=1S/C16H18N4O9S/c1-5-8(29-16(25)27-5)4-26-13-11-12(18-14(17)19-13)20(15(24)30-11)2-6-9(22)10(23)7(3-21)28-6/h6-7,9-10,21-23H,2-4H2,1H3,(H2,17,18,19)/t6-,7?,9-,10+/m0/s1. The maximum Gasteiger partial charge on any atom is 0.519 e. The van der Waals surface area contributed by atoms with Gasteiger partial charge in [-0.15, -0.1) is 0 Å². The van der Waals surface area contributed by atoms with E-state index in [0.717, 1.165) is 11.3 Å². The molecule has 0 radical (unpaired) electrons. The van der Waals surface area contributed by atoms with Gasteiger partial charge in [0.05, 0.1) is 13.2 Å². The number of rotatable bonds is 6. The quantitative estimate of drug-likeness (QED) is 0.340. The van der Waals surface area contributed by atoms with Crippen LogP contribution in [-0.2, 0) is 17.9 Å². The van der Waals surface area contributed by atoms with E-state index in [4.69, 9.17) is 24.0 Å². The summed E-state index contributed by atoms with van der Waals surface area (Å²) in [6, 6.07) is 0. The van der Waals surface area contributed by atoms with Gasteiger partial charge in [0.2, 0.25) is 11.8 Å². The largest absolute Gasteiger partial charge is 0.519 e. The molecule has 0 saturated carbocycles. The fourth-order valence-electron chi connectivity index (χ4n) is 3.14. The van der Waals surface area contributed by atoms with E-state index in [2.05, 4.69) is 9.97 Å². The van der Waals surface area contributed by atoms with Crippen LogP contribution in [-0.4, -0.2) is 60.9 Å². The molecule has 3 aromatic rings. The van der Waals surface area contributed by atoms with Gasteiger partial charge >= 0.3 is 10.7 Å². The Hall–Kier alpha value is -2.78. The molecule has 0 aromatic carbocycles. The summed E-state index contributed by atoms with van der Waals surface area (Å²) in [7, 11) is 0. The summed E-state index contributed by atoms with van der Waals surface area (Å²) in [6.07, 6.45) is -4.49. The zero-order valence-corrected chi connectivity index (χ0v) is 16.4. The van der Waals surface area contributed by atoms with E-state index < -0.39 is 41.7 Å². The van der Waals surface area contributed by atoms with Gasteiger partial charge in [-0.1, -0.05) is 11.3 Å². The first-order chi connectivity index (χ1) is 14.3. The van der Waals surface area contributed by atoms with E-state index in [1.807, 2.05) is 0 Å². The summed E-state index contributed by atoms with van der Waals surface area (Å²) in [5.74, 6) is -0.636. The number of hydrogen-bond donors (Lipinski definition) is 4. The van der Waals surface area contributed by atoms with Crippen molar-refractivity contribution in [3.8, 4) is 5.88 Å². The lowest BCUT2D eigenvalue weighted by atomic mass is 10.1. The summed E-state index contributed by atoms with van der Waals surface area (Å²) in [4.78, 5) is 31.3. The number of fused-ring (bicyclic) bond motifs is 1. The van der Waals surface area contributed by atoms with E-state index in [1.165, 1.54) is 11.5 Å². The second-order valence-corrected chi connectivity index (χ2v) is 7.58. The first kappa shape index (κ1) is 20.5. The first-order valence-electron chi connectivity index (χ1n) is 8.80. The molecule has 1 saturated heterocycles. The molecule has 5 N–H and O–H groups in total. The fraction of sp³-hybridized carbons (Fsp3) is 0.500. The molecule has 0 spiro atoms. The number of thiazole rings is 1. The maximum atomic E-state index is 12.6. The molecule has 0 amide bonds. The Balaban J connectivity index is 1.64. The van der Waals surface area contributed by atoms with Crippen molar-refractivity contribution in [2.75, 3.05) is 12.3 Å². The highest BCUT2D eigenvalue weighted by atomic mass is 32.1. The van der Waals surface area contributed by atoms with Gasteiger partial charge in [0.15, 0.2) is 23.8 Å². The molecule has 0 bridgehead atoms. The molecule has 4 atom stereocenters. The minimum Gasteiger partial charge on any atom is -0.468 e. The lowest BCUT2D eigenvalue weighted by Gasteiger charge is -2.15. The van der Waals surface area contributed by atoms with Crippen molar-refractivity contribution in [2.45, 2.75) is 44.5 Å². The number of hydrogen-bond acceptors (Lipinski definition) is 13. The number of nitrogens with zero attached hydrogens (tertiary/aromatic N) is 3. The minimum atomic E-state index is -1.30. The Kier molecular flexibility index (Phi) is 5.33. The summed E-state index contributed by atoms with van der Waals surface area (Å²) in [5, 5.41) is 29.3. The molecule has 0 aliphatic carbocycles. The van der Waals surface area contributed by atoms with Crippen molar-refractivity contribution in [3.63, 3.8) is 0 Å². The molecule has 1 aliphatic rings. The predicted molar refractivity (Wildman–Crippen MR) is 100 cm³/mol. The SMILES string of the molecule is Cc1oc(=O)oc1COc1nc(N)nc2c1sc(=O)n2C[C@@H]1OC(CO)[C@@H](O)[C@H]1O. The van der Waals surface area contributed by atoms with Crippen molar-refractivity contribution in [3.05, 3.63) is 31.8 Å². The number of aryl methyl sites for hydroxylation is 1. The van der Waals surface area contributed by atoms with Gasteiger partial charge in [-0.3, -0.25) is 9.36 Å². The van der Waals surface area contributed by atoms with Gasteiger partial charge in [-0.25, -0.2) is 4.79 Å². The van der Waals surface area contributed by atoms with E-state index in [9.17, 15) is 24.9 Å². The van der Waals surface area contributed by atoms with Crippen LogP contribution in [0.2, 0.25) is 0 Å². The Morgan fingerprint density at radius 1 is 1.20 bits per heavy atom. The van der Waals surface area contributed by atoms with Crippen molar-refractivity contribution < 1.29 is 33.6 Å². The van der Waals surface area contributed by atoms with E-state index in [1.54, 1.807) is 0 Å². The Morgan fingerprint density at radius 2 is 1.93 bits per heavy atom. The molecule has 14 heteroatoms. The summed E-state index contributed by atoms with van der Waals surface area (Å²) < 4.78 is 22.1. The van der Waals surface area contributed by atoms with Crippen LogP contribution in [0.3, 0.4) is 0 Å². The molecule has 3 aromatic heterocycles. The highest BCUT2D eigenvalue weighted by molar-refractivity contribution is 7.16. The van der Waals surface area contributed by atoms with Crippen LogP contribution in [0.4, 0.5) is 5.95 Å². The number of aliphatic hydroxyl groups excluding tert-OH is 3. The van der Waals surface area contributed by atoms with Crippen LogP contribution in [0.5, 0.6) is 5.88 Å². The molecule has 4 rings (SSSR count). The predicted octanol–water partition coefficient (Wildman–Crippen LogP) is -1.65. The summed E-state index contributed by atoms with van der Waals surface area (Å²) in [5.41, 5.74) is 5.90. The van der Waals surface area contributed by atoms with Crippen LogP contribution in [0, 0.1) is 6.92 Å².